The second-order valence-corrected chi connectivity index (χ2v) is 5.32. The number of imidazole rings is 1. The highest BCUT2D eigenvalue weighted by Crippen LogP contribution is 2.13. The topological polar surface area (TPSA) is 205 Å². The fraction of sp³-hybridized carbons (Fsp3) is 0.267. The number of carbonyl (C=O) groups is 2. The highest BCUT2D eigenvalue weighted by Gasteiger charge is 2.16. The molecule has 0 aliphatic heterocycles. The van der Waals surface area contributed by atoms with Gasteiger partial charge in [-0.1, -0.05) is 11.2 Å². The first-order chi connectivity index (χ1) is 13.2. The highest BCUT2D eigenvalue weighted by atomic mass is 16.6. The number of aliphatic hydroxyl groups is 1. The van der Waals surface area contributed by atoms with E-state index in [2.05, 4.69) is 15.0 Å². The first-order valence-electron chi connectivity index (χ1n) is 7.58. The van der Waals surface area contributed by atoms with Gasteiger partial charge in [0.05, 0.1) is 23.8 Å². The lowest BCUT2D eigenvalue weighted by Crippen LogP contribution is -2.19. The van der Waals surface area contributed by atoms with E-state index in [1.165, 1.54) is 36.0 Å². The van der Waals surface area contributed by atoms with Crippen LogP contribution in [-0.4, -0.2) is 54.4 Å². The Morgan fingerprint density at radius 2 is 1.93 bits per heavy atom. The third kappa shape index (κ3) is 6.09. The Kier molecular flexibility index (Phi) is 8.09. The summed E-state index contributed by atoms with van der Waals surface area (Å²) >= 11 is 0. The molecule has 1 aromatic heterocycles. The average Bonchev–Trinajstić information content (AvgIpc) is 3.08. The van der Waals surface area contributed by atoms with Gasteiger partial charge >= 0.3 is 17.8 Å². The van der Waals surface area contributed by atoms with E-state index in [1.54, 1.807) is 0 Å². The fourth-order valence-electron chi connectivity index (χ4n) is 2.12. The molecule has 28 heavy (non-hydrogen) atoms. The van der Waals surface area contributed by atoms with Gasteiger partial charge in [-0.25, -0.2) is 19.1 Å². The Morgan fingerprint density at radius 1 is 1.36 bits per heavy atom. The Hall–Kier alpha value is -3.96. The van der Waals surface area contributed by atoms with Crippen LogP contribution in [0.15, 0.2) is 35.8 Å². The molecule has 1 heterocycles. The molecule has 3 N–H and O–H groups in total. The molecule has 0 amide bonds. The molecule has 2 aromatic rings. The minimum absolute atomic E-state index is 0.0277. The van der Waals surface area contributed by atoms with E-state index < -0.39 is 23.0 Å². The van der Waals surface area contributed by atoms with Gasteiger partial charge in [0.25, 0.3) is 0 Å². The van der Waals surface area contributed by atoms with Gasteiger partial charge in [-0.3, -0.25) is 0 Å². The maximum Gasteiger partial charge on any atom is 0.342 e. The van der Waals surface area contributed by atoms with Crippen LogP contribution in [0.5, 0.6) is 0 Å². The normalized spacial score (nSPS) is 10.8. The van der Waals surface area contributed by atoms with Crippen molar-refractivity contribution in [1.82, 2.24) is 9.55 Å². The van der Waals surface area contributed by atoms with Crippen LogP contribution in [0.4, 0.5) is 5.82 Å². The molecule has 13 heteroatoms. The first-order valence-corrected chi connectivity index (χ1v) is 7.58. The van der Waals surface area contributed by atoms with Crippen molar-refractivity contribution in [1.29, 1.82) is 0 Å². The molecular formula is C15H16N6O7. The van der Waals surface area contributed by atoms with Crippen LogP contribution in [0.3, 0.4) is 0 Å². The van der Waals surface area contributed by atoms with Gasteiger partial charge in [0.1, 0.15) is 12.7 Å². The van der Waals surface area contributed by atoms with Crippen LogP contribution >= 0.6 is 0 Å². The van der Waals surface area contributed by atoms with Gasteiger partial charge in [-0.05, 0) is 35.1 Å². The van der Waals surface area contributed by atoms with Crippen LogP contribution in [0.2, 0.25) is 0 Å². The molecule has 0 aliphatic carbocycles. The summed E-state index contributed by atoms with van der Waals surface area (Å²) in [7, 11) is 0. The van der Waals surface area contributed by atoms with Crippen LogP contribution < -0.4 is 0 Å². The SMILES string of the molecule is Cc1c(C(=O)O)cccc1C(=O)O.[N-]=[N+]=NCC(O)Cn1cncc1[N+](=O)[O-]. The lowest BCUT2D eigenvalue weighted by Gasteiger charge is -2.05. The van der Waals surface area contributed by atoms with Crippen molar-refractivity contribution in [3.05, 3.63) is 68.0 Å². The number of carboxylic acid groups (broad SMARTS) is 2. The molecule has 0 bridgehead atoms. The quantitative estimate of drug-likeness (QED) is 0.208. The van der Waals surface area contributed by atoms with Crippen molar-refractivity contribution >= 4 is 17.8 Å². The summed E-state index contributed by atoms with van der Waals surface area (Å²) in [6.07, 6.45) is 1.35. The summed E-state index contributed by atoms with van der Waals surface area (Å²) in [6.45, 7) is 1.31. The van der Waals surface area contributed by atoms with Gasteiger partial charge in [-0.2, -0.15) is 0 Å². The van der Waals surface area contributed by atoms with E-state index in [0.717, 1.165) is 6.20 Å². The first kappa shape index (κ1) is 22.1. The number of rotatable bonds is 7. The molecule has 2 rings (SSSR count). The molecule has 1 atom stereocenters. The van der Waals surface area contributed by atoms with Crippen molar-refractivity contribution in [3.8, 4) is 0 Å². The summed E-state index contributed by atoms with van der Waals surface area (Å²) in [5.41, 5.74) is 8.34. The number of nitrogens with zero attached hydrogens (tertiary/aromatic N) is 6. The number of benzene rings is 1. The third-order valence-electron chi connectivity index (χ3n) is 3.44. The van der Waals surface area contributed by atoms with E-state index in [1.807, 2.05) is 0 Å². The molecule has 0 aliphatic rings. The predicted molar refractivity (Wildman–Crippen MR) is 94.0 cm³/mol. The molecule has 0 fully saturated rings. The largest absolute Gasteiger partial charge is 0.478 e. The Morgan fingerprint density at radius 3 is 2.39 bits per heavy atom. The van der Waals surface area contributed by atoms with Gasteiger partial charge in [0.15, 0.2) is 6.33 Å². The number of carboxylic acids is 2. The van der Waals surface area contributed by atoms with Gasteiger partial charge in [0, 0.05) is 4.91 Å². The second kappa shape index (κ2) is 10.3. The number of nitro groups is 1. The van der Waals surface area contributed by atoms with Crippen molar-refractivity contribution in [3.63, 3.8) is 0 Å². The van der Waals surface area contributed by atoms with Gasteiger partial charge < -0.3 is 25.4 Å². The van der Waals surface area contributed by atoms with Crippen molar-refractivity contribution in [2.24, 2.45) is 5.11 Å². The smallest absolute Gasteiger partial charge is 0.342 e. The Labute approximate surface area is 157 Å². The lowest BCUT2D eigenvalue weighted by atomic mass is 10.0. The number of aromatic nitrogens is 2. The van der Waals surface area contributed by atoms with E-state index >= 15 is 0 Å². The monoisotopic (exact) mass is 392 g/mol. The zero-order valence-electron chi connectivity index (χ0n) is 14.5. The van der Waals surface area contributed by atoms with Crippen LogP contribution in [-0.2, 0) is 6.54 Å². The van der Waals surface area contributed by atoms with Crippen molar-refractivity contribution in [2.45, 2.75) is 19.6 Å². The molecule has 0 radical (unpaired) electrons. The van der Waals surface area contributed by atoms with Gasteiger partial charge in [0.2, 0.25) is 0 Å². The summed E-state index contributed by atoms with van der Waals surface area (Å²) in [5.74, 6) is -2.43. The minimum atomic E-state index is -1.11. The third-order valence-corrected chi connectivity index (χ3v) is 3.44. The molecule has 1 unspecified atom stereocenters. The van der Waals surface area contributed by atoms with Crippen LogP contribution in [0.1, 0.15) is 26.3 Å². The van der Waals surface area contributed by atoms with E-state index in [4.69, 9.17) is 15.7 Å². The molecular weight excluding hydrogens is 376 g/mol. The predicted octanol–water partition coefficient (Wildman–Crippen LogP) is 1.85. The number of aromatic carboxylic acids is 2. The summed E-state index contributed by atoms with van der Waals surface area (Å²) < 4.78 is 1.18. The molecule has 0 spiro atoms. The summed E-state index contributed by atoms with van der Waals surface area (Å²) in [5, 5.41) is 40.3. The fourth-order valence-corrected chi connectivity index (χ4v) is 2.12. The van der Waals surface area contributed by atoms with E-state index in [9.17, 15) is 24.8 Å². The summed E-state index contributed by atoms with van der Waals surface area (Å²) in [6, 6.07) is 4.17. The molecule has 0 saturated heterocycles. The zero-order chi connectivity index (χ0) is 21.3. The minimum Gasteiger partial charge on any atom is -0.478 e. The van der Waals surface area contributed by atoms with Crippen LogP contribution in [0.25, 0.3) is 10.4 Å². The molecule has 0 saturated carbocycles. The standard InChI is InChI=1S/C9H8O4.C6H8N6O3/c1-5-6(8(10)11)3-2-4-7(5)9(12)13;7-10-9-1-5(13)3-11-4-8-2-6(11)12(14)15/h2-4H,1H3,(H,10,11)(H,12,13);2,4-5,13H,1,3H2. The maximum absolute atomic E-state index is 10.6. The zero-order valence-corrected chi connectivity index (χ0v) is 14.5. The Bertz CT molecular complexity index is 887. The number of hydrogen-bond acceptors (Lipinski definition) is 7. The number of aliphatic hydroxyl groups excluding tert-OH is 1. The molecule has 148 valence electrons. The highest BCUT2D eigenvalue weighted by molar-refractivity contribution is 5.96. The number of azide groups is 1. The maximum atomic E-state index is 10.6. The lowest BCUT2D eigenvalue weighted by molar-refractivity contribution is -0.392. The van der Waals surface area contributed by atoms with Crippen LogP contribution in [0, 0.1) is 17.0 Å². The van der Waals surface area contributed by atoms with E-state index in [-0.39, 0.29) is 35.6 Å². The van der Waals surface area contributed by atoms with Crippen molar-refractivity contribution in [2.75, 3.05) is 6.54 Å². The number of hydrogen-bond donors (Lipinski definition) is 3. The second-order valence-electron chi connectivity index (χ2n) is 5.32. The van der Waals surface area contributed by atoms with Gasteiger partial charge in [-0.15, -0.1) is 0 Å². The molecule has 1 aromatic carbocycles. The average molecular weight is 392 g/mol. The Balaban J connectivity index is 0.000000283. The summed E-state index contributed by atoms with van der Waals surface area (Å²) in [4.78, 5) is 37.1. The van der Waals surface area contributed by atoms with E-state index in [0.29, 0.717) is 0 Å². The van der Waals surface area contributed by atoms with Crippen molar-refractivity contribution < 1.29 is 29.8 Å². The molecule has 13 nitrogen and oxygen atoms in total.